The fourth-order valence-electron chi connectivity index (χ4n) is 4.46. The van der Waals surface area contributed by atoms with Crippen molar-refractivity contribution in [2.24, 2.45) is 0 Å². The molecule has 0 aliphatic rings. The molecule has 0 amide bonds. The zero-order valence-electron chi connectivity index (χ0n) is 19.8. The molecule has 162 valence electrons. The molecule has 0 unspecified atom stereocenters. The smallest absolute Gasteiger partial charge is 0.0654 e. The fourth-order valence-corrected chi connectivity index (χ4v) is 9.28. The summed E-state index contributed by atoms with van der Waals surface area (Å²) in [5.41, 5.74) is 3.12. The van der Waals surface area contributed by atoms with Gasteiger partial charge in [0, 0.05) is 7.26 Å². The highest BCUT2D eigenvalue weighted by Gasteiger charge is 2.35. The van der Waals surface area contributed by atoms with E-state index in [0.717, 1.165) is 6.42 Å². The molecule has 28 heavy (non-hydrogen) atoms. The van der Waals surface area contributed by atoms with E-state index in [0.29, 0.717) is 0 Å². The molecule has 0 radical (unpaired) electrons. The van der Waals surface area contributed by atoms with Crippen molar-refractivity contribution in [3.8, 4) is 0 Å². The summed E-state index contributed by atoms with van der Waals surface area (Å²) < 4.78 is 0. The summed E-state index contributed by atoms with van der Waals surface area (Å²) in [6, 6.07) is 9.68. The van der Waals surface area contributed by atoms with Gasteiger partial charge in [-0.25, -0.2) is 0 Å². The quantitative estimate of drug-likeness (QED) is 0.168. The Hall–Kier alpha value is -0.350. The summed E-state index contributed by atoms with van der Waals surface area (Å²) in [7, 11) is -0.862. The van der Waals surface area contributed by atoms with Gasteiger partial charge >= 0.3 is 0 Å². The molecule has 0 saturated heterocycles. The number of rotatable bonds is 18. The van der Waals surface area contributed by atoms with E-state index < -0.39 is 7.26 Å². The third-order valence-corrected chi connectivity index (χ3v) is 11.2. The summed E-state index contributed by atoms with van der Waals surface area (Å²) in [6.07, 6.45) is 24.4. The average molecular weight is 406 g/mol. The van der Waals surface area contributed by atoms with Crippen LogP contribution in [0.1, 0.15) is 116 Å². The molecule has 1 rings (SSSR count). The average Bonchev–Trinajstić information content (AvgIpc) is 2.72. The summed E-state index contributed by atoms with van der Waals surface area (Å²) in [6.45, 7) is 9.29. The largest absolute Gasteiger partial charge is 0.0842 e. The third-order valence-electron chi connectivity index (χ3n) is 6.41. The van der Waals surface area contributed by atoms with Crippen LogP contribution in [0.4, 0.5) is 0 Å². The van der Waals surface area contributed by atoms with Crippen LogP contribution >= 0.6 is 7.26 Å². The van der Waals surface area contributed by atoms with Crippen molar-refractivity contribution in [1.29, 1.82) is 0 Å². The molecule has 1 aromatic rings. The molecule has 1 heteroatoms. The van der Waals surface area contributed by atoms with Crippen LogP contribution in [-0.2, 0) is 12.6 Å². The molecule has 0 heterocycles. The van der Waals surface area contributed by atoms with Crippen molar-refractivity contribution in [1.82, 2.24) is 0 Å². The van der Waals surface area contributed by atoms with Crippen molar-refractivity contribution in [2.45, 2.75) is 117 Å². The van der Waals surface area contributed by atoms with E-state index in [4.69, 9.17) is 0 Å². The van der Waals surface area contributed by atoms with Gasteiger partial charge in [0.15, 0.2) is 0 Å². The van der Waals surface area contributed by atoms with E-state index in [1.54, 1.807) is 24.0 Å². The van der Waals surface area contributed by atoms with Gasteiger partial charge in [0.05, 0.1) is 24.6 Å². The Morgan fingerprint density at radius 2 is 0.893 bits per heavy atom. The fraction of sp³-hybridized carbons (Fsp3) is 0.778. The van der Waals surface area contributed by atoms with Gasteiger partial charge in [0.25, 0.3) is 0 Å². The van der Waals surface area contributed by atoms with Gasteiger partial charge in [-0.1, -0.05) is 90.5 Å². The third kappa shape index (κ3) is 11.0. The predicted octanol–water partition coefficient (Wildman–Crippen LogP) is 9.51. The Balaban J connectivity index is 2.85. The zero-order valence-corrected chi connectivity index (χ0v) is 20.7. The maximum Gasteiger partial charge on any atom is 0.0842 e. The van der Waals surface area contributed by atoms with Crippen LogP contribution in [0.15, 0.2) is 24.3 Å². The van der Waals surface area contributed by atoms with Crippen LogP contribution in [0.2, 0.25) is 0 Å². The Kier molecular flexibility index (Phi) is 15.1. The maximum absolute atomic E-state index is 2.46. The second-order valence-corrected chi connectivity index (χ2v) is 13.4. The molecule has 0 atom stereocenters. The number of hydrogen-bond acceptors (Lipinski definition) is 0. The van der Waals surface area contributed by atoms with E-state index in [1.807, 2.05) is 0 Å². The molecule has 0 N–H and O–H groups in total. The van der Waals surface area contributed by atoms with Crippen LogP contribution in [0, 0.1) is 0 Å². The van der Waals surface area contributed by atoms with Crippen molar-refractivity contribution >= 4 is 7.26 Å². The minimum Gasteiger partial charge on any atom is -0.0654 e. The summed E-state index contributed by atoms with van der Waals surface area (Å²) in [4.78, 5) is 0. The first-order valence-corrected chi connectivity index (χ1v) is 15.2. The van der Waals surface area contributed by atoms with Gasteiger partial charge in [-0.3, -0.25) is 0 Å². The van der Waals surface area contributed by atoms with Gasteiger partial charge in [0.1, 0.15) is 0 Å². The van der Waals surface area contributed by atoms with Gasteiger partial charge in [-0.2, -0.15) is 0 Å². The first kappa shape index (κ1) is 25.7. The minimum atomic E-state index is -0.862. The second kappa shape index (κ2) is 16.4. The molecule has 0 aliphatic heterocycles. The van der Waals surface area contributed by atoms with Crippen molar-refractivity contribution in [3.63, 3.8) is 0 Å². The highest BCUT2D eigenvalue weighted by Crippen LogP contribution is 2.63. The monoisotopic (exact) mass is 405 g/mol. The number of aryl methyl sites for hydroxylation is 1. The van der Waals surface area contributed by atoms with E-state index in [-0.39, 0.29) is 0 Å². The van der Waals surface area contributed by atoms with E-state index in [1.165, 1.54) is 88.8 Å². The lowest BCUT2D eigenvalue weighted by Gasteiger charge is -2.29. The van der Waals surface area contributed by atoms with Gasteiger partial charge < -0.3 is 0 Å². The Morgan fingerprint density at radius 1 is 0.500 bits per heavy atom. The second-order valence-electron chi connectivity index (χ2n) is 9.02. The van der Waals surface area contributed by atoms with Gasteiger partial charge in [-0.15, -0.1) is 0 Å². The summed E-state index contributed by atoms with van der Waals surface area (Å²) in [5, 5.41) is 0. The molecular weight excluding hydrogens is 355 g/mol. The lowest BCUT2D eigenvalue weighted by molar-refractivity contribution is 0.682. The molecule has 0 saturated carbocycles. The van der Waals surface area contributed by atoms with Crippen molar-refractivity contribution in [2.75, 3.05) is 18.5 Å². The normalized spacial score (nSPS) is 11.9. The van der Waals surface area contributed by atoms with Crippen LogP contribution in [0.3, 0.4) is 0 Å². The summed E-state index contributed by atoms with van der Waals surface area (Å²) >= 11 is 0. The van der Waals surface area contributed by atoms with Crippen LogP contribution in [0.5, 0.6) is 0 Å². The number of unbranched alkanes of at least 4 members (excludes halogenated alkanes) is 9. The molecule has 0 bridgehead atoms. The van der Waals surface area contributed by atoms with Crippen molar-refractivity contribution in [3.05, 3.63) is 35.4 Å². The highest BCUT2D eigenvalue weighted by molar-refractivity contribution is 7.75. The molecule has 0 aliphatic carbocycles. The Bertz CT molecular complexity index is 430. The standard InChI is InChI=1S/C27H50P/c1-5-9-12-15-22-28(23-16-13-10-6-2,24-17-14-11-7-3)25-27-20-18-26(8-4)19-21-27/h18-21H,5-17,22-25H2,1-4H3/q+1. The molecule has 0 aromatic heterocycles. The van der Waals surface area contributed by atoms with Crippen LogP contribution < -0.4 is 0 Å². The lowest BCUT2D eigenvalue weighted by atomic mass is 10.1. The van der Waals surface area contributed by atoms with E-state index in [2.05, 4.69) is 52.0 Å². The minimum absolute atomic E-state index is 0.862. The Morgan fingerprint density at radius 3 is 1.25 bits per heavy atom. The molecular formula is C27H50P+. The molecule has 1 aromatic carbocycles. The van der Waals surface area contributed by atoms with E-state index >= 15 is 0 Å². The number of benzene rings is 1. The highest BCUT2D eigenvalue weighted by atomic mass is 31.2. The first-order valence-electron chi connectivity index (χ1n) is 12.6. The topological polar surface area (TPSA) is 0 Å². The van der Waals surface area contributed by atoms with Crippen molar-refractivity contribution < 1.29 is 0 Å². The van der Waals surface area contributed by atoms with E-state index in [9.17, 15) is 0 Å². The summed E-state index contributed by atoms with van der Waals surface area (Å²) in [5.74, 6) is 0. The molecule has 0 spiro atoms. The lowest BCUT2D eigenvalue weighted by Crippen LogP contribution is -2.12. The predicted molar refractivity (Wildman–Crippen MR) is 133 cm³/mol. The van der Waals surface area contributed by atoms with Gasteiger partial charge in [-0.05, 0) is 56.1 Å². The Labute approximate surface area is 178 Å². The molecule has 0 nitrogen and oxygen atoms in total. The van der Waals surface area contributed by atoms with Gasteiger partial charge in [0.2, 0.25) is 0 Å². The SMILES string of the molecule is CCCCCC[P+](CCCCCC)(CCCCCC)Cc1ccc(CC)cc1. The first-order chi connectivity index (χ1) is 13.7. The molecule has 0 fully saturated rings. The maximum atomic E-state index is 2.46. The number of hydrogen-bond donors (Lipinski definition) is 0. The zero-order chi connectivity index (χ0) is 20.5. The van der Waals surface area contributed by atoms with Crippen LogP contribution in [0.25, 0.3) is 0 Å². The van der Waals surface area contributed by atoms with Crippen LogP contribution in [-0.4, -0.2) is 18.5 Å².